The molecule has 1 saturated heterocycles. The molecule has 2 unspecified atom stereocenters. The van der Waals surface area contributed by atoms with E-state index in [1.54, 1.807) is 6.92 Å². The molecule has 0 amide bonds. The highest BCUT2D eigenvalue weighted by molar-refractivity contribution is 5.31. The van der Waals surface area contributed by atoms with E-state index in [-0.39, 0.29) is 5.54 Å². The lowest BCUT2D eigenvalue weighted by molar-refractivity contribution is 0.372. The van der Waals surface area contributed by atoms with Gasteiger partial charge >= 0.3 is 0 Å². The highest BCUT2D eigenvalue weighted by Crippen LogP contribution is 2.31. The Morgan fingerprint density at radius 3 is 2.87 bits per heavy atom. The van der Waals surface area contributed by atoms with Crippen molar-refractivity contribution in [2.45, 2.75) is 38.4 Å². The summed E-state index contributed by atoms with van der Waals surface area (Å²) < 4.78 is 13.2. The van der Waals surface area contributed by atoms with Crippen molar-refractivity contribution in [3.05, 3.63) is 35.4 Å². The van der Waals surface area contributed by atoms with Crippen LogP contribution < -0.4 is 5.32 Å². The number of hydrogen-bond acceptors (Lipinski definition) is 1. The van der Waals surface area contributed by atoms with Gasteiger partial charge in [0.1, 0.15) is 6.17 Å². The van der Waals surface area contributed by atoms with Crippen LogP contribution in [0.4, 0.5) is 4.39 Å². The maximum Gasteiger partial charge on any atom is 0.122 e. The van der Waals surface area contributed by atoms with Crippen LogP contribution in [0.15, 0.2) is 24.3 Å². The van der Waals surface area contributed by atoms with Gasteiger partial charge in [-0.3, -0.25) is 0 Å². The number of halogens is 1. The van der Waals surface area contributed by atoms with Crippen molar-refractivity contribution in [3.63, 3.8) is 0 Å². The number of nitrogens with one attached hydrogen (secondary N) is 1. The second-order valence-electron chi connectivity index (χ2n) is 4.60. The summed E-state index contributed by atoms with van der Waals surface area (Å²) >= 11 is 0. The molecule has 2 rings (SSSR count). The molecule has 0 aliphatic carbocycles. The third-order valence-corrected chi connectivity index (χ3v) is 3.35. The van der Waals surface area contributed by atoms with Crippen molar-refractivity contribution >= 4 is 0 Å². The van der Waals surface area contributed by atoms with E-state index in [0.29, 0.717) is 0 Å². The molecule has 1 heterocycles. The number of hydrogen-bond donors (Lipinski definition) is 1. The van der Waals surface area contributed by atoms with Crippen molar-refractivity contribution in [1.29, 1.82) is 0 Å². The molecule has 1 N–H and O–H groups in total. The van der Waals surface area contributed by atoms with Crippen molar-refractivity contribution in [3.8, 4) is 0 Å². The van der Waals surface area contributed by atoms with E-state index >= 15 is 0 Å². The second kappa shape index (κ2) is 3.93. The first kappa shape index (κ1) is 10.6. The van der Waals surface area contributed by atoms with E-state index in [2.05, 4.69) is 18.3 Å². The van der Waals surface area contributed by atoms with Gasteiger partial charge in [0, 0.05) is 5.54 Å². The predicted octanol–water partition coefficient (Wildman–Crippen LogP) is 3.32. The van der Waals surface area contributed by atoms with Crippen molar-refractivity contribution in [2.75, 3.05) is 6.54 Å². The third kappa shape index (κ3) is 2.05. The topological polar surface area (TPSA) is 12.0 Å². The largest absolute Gasteiger partial charge is 0.308 e. The van der Waals surface area contributed by atoms with Crippen molar-refractivity contribution in [1.82, 2.24) is 5.32 Å². The molecule has 1 nitrogen and oxygen atoms in total. The summed E-state index contributed by atoms with van der Waals surface area (Å²) in [7, 11) is 0. The van der Waals surface area contributed by atoms with Crippen LogP contribution in [-0.4, -0.2) is 6.54 Å². The number of alkyl halides is 1. The second-order valence-corrected chi connectivity index (χ2v) is 4.60. The quantitative estimate of drug-likeness (QED) is 0.784. The molecule has 0 aromatic heterocycles. The lowest BCUT2D eigenvalue weighted by Gasteiger charge is -2.25. The van der Waals surface area contributed by atoms with Gasteiger partial charge in [-0.25, -0.2) is 4.39 Å². The normalized spacial score (nSPS) is 27.9. The summed E-state index contributed by atoms with van der Waals surface area (Å²) in [6, 6.07) is 7.88. The predicted molar refractivity (Wildman–Crippen MR) is 60.6 cm³/mol. The Bertz CT molecular complexity index is 340. The molecule has 2 atom stereocenters. The van der Waals surface area contributed by atoms with Crippen LogP contribution in [0.1, 0.15) is 44.0 Å². The minimum atomic E-state index is -0.880. The fourth-order valence-corrected chi connectivity index (χ4v) is 2.27. The Hall–Kier alpha value is -0.890. The van der Waals surface area contributed by atoms with E-state index in [0.717, 1.165) is 18.5 Å². The molecule has 1 fully saturated rings. The third-order valence-electron chi connectivity index (χ3n) is 3.35. The summed E-state index contributed by atoms with van der Waals surface area (Å²) in [5.41, 5.74) is 2.04. The van der Waals surface area contributed by atoms with Crippen LogP contribution in [0.5, 0.6) is 0 Å². The van der Waals surface area contributed by atoms with E-state index in [4.69, 9.17) is 0 Å². The van der Waals surface area contributed by atoms with Gasteiger partial charge < -0.3 is 5.32 Å². The Balaban J connectivity index is 2.31. The van der Waals surface area contributed by atoms with Crippen molar-refractivity contribution < 1.29 is 4.39 Å². The molecule has 1 aliphatic heterocycles. The lowest BCUT2D eigenvalue weighted by atomic mass is 9.89. The minimum absolute atomic E-state index is 0.0465. The van der Waals surface area contributed by atoms with Crippen LogP contribution >= 0.6 is 0 Å². The van der Waals surface area contributed by atoms with Gasteiger partial charge in [0.05, 0.1) is 0 Å². The monoisotopic (exact) mass is 207 g/mol. The molecule has 0 bridgehead atoms. The summed E-state index contributed by atoms with van der Waals surface area (Å²) in [4.78, 5) is 0. The molecular weight excluding hydrogens is 189 g/mol. The fourth-order valence-electron chi connectivity index (χ4n) is 2.27. The van der Waals surface area contributed by atoms with Crippen LogP contribution in [0.2, 0.25) is 0 Å². The smallest absolute Gasteiger partial charge is 0.122 e. The van der Waals surface area contributed by atoms with Gasteiger partial charge in [-0.15, -0.1) is 0 Å². The summed E-state index contributed by atoms with van der Waals surface area (Å²) in [5, 5.41) is 3.49. The van der Waals surface area contributed by atoms with Gasteiger partial charge in [-0.1, -0.05) is 24.3 Å². The van der Waals surface area contributed by atoms with E-state index in [9.17, 15) is 4.39 Å². The molecule has 2 heteroatoms. The zero-order valence-electron chi connectivity index (χ0n) is 9.39. The highest BCUT2D eigenvalue weighted by Gasteiger charge is 2.29. The zero-order valence-corrected chi connectivity index (χ0v) is 9.39. The first-order valence-electron chi connectivity index (χ1n) is 5.61. The molecule has 0 spiro atoms. The average molecular weight is 207 g/mol. The highest BCUT2D eigenvalue weighted by atomic mass is 19.1. The Morgan fingerprint density at radius 2 is 2.27 bits per heavy atom. The number of rotatable bonds is 2. The van der Waals surface area contributed by atoms with E-state index in [1.165, 1.54) is 12.0 Å². The van der Waals surface area contributed by atoms with Gasteiger partial charge in [0.2, 0.25) is 0 Å². The standard InChI is InChI=1S/C13H18FN/c1-10(14)11-5-3-6-12(9-11)13(2)7-4-8-15-13/h3,5-6,9-10,15H,4,7-8H2,1-2H3. The van der Waals surface area contributed by atoms with E-state index < -0.39 is 6.17 Å². The van der Waals surface area contributed by atoms with Crippen molar-refractivity contribution in [2.24, 2.45) is 0 Å². The molecule has 1 aromatic carbocycles. The van der Waals surface area contributed by atoms with Gasteiger partial charge in [-0.05, 0) is 44.4 Å². The van der Waals surface area contributed by atoms with Gasteiger partial charge in [0.15, 0.2) is 0 Å². The van der Waals surface area contributed by atoms with Crippen LogP contribution in [0.3, 0.4) is 0 Å². The van der Waals surface area contributed by atoms with Gasteiger partial charge in [0.25, 0.3) is 0 Å². The molecule has 0 radical (unpaired) electrons. The molecule has 1 aliphatic rings. The molecule has 82 valence electrons. The average Bonchev–Trinajstić information content (AvgIpc) is 2.67. The van der Waals surface area contributed by atoms with Crippen LogP contribution in [0.25, 0.3) is 0 Å². The zero-order chi connectivity index (χ0) is 10.9. The summed E-state index contributed by atoms with van der Waals surface area (Å²) in [6.45, 7) is 4.84. The molecule has 1 aromatic rings. The summed E-state index contributed by atoms with van der Waals surface area (Å²) in [6.07, 6.45) is 1.46. The lowest BCUT2D eigenvalue weighted by Crippen LogP contribution is -2.33. The number of benzene rings is 1. The first-order chi connectivity index (χ1) is 7.12. The minimum Gasteiger partial charge on any atom is -0.308 e. The fraction of sp³-hybridized carbons (Fsp3) is 0.538. The Labute approximate surface area is 90.7 Å². The molecule has 15 heavy (non-hydrogen) atoms. The summed E-state index contributed by atoms with van der Waals surface area (Å²) in [5.74, 6) is 0. The van der Waals surface area contributed by atoms with Crippen LogP contribution in [0, 0.1) is 0 Å². The molecule has 0 saturated carbocycles. The maximum absolute atomic E-state index is 13.2. The maximum atomic E-state index is 13.2. The van der Waals surface area contributed by atoms with Gasteiger partial charge in [-0.2, -0.15) is 0 Å². The Morgan fingerprint density at radius 1 is 1.47 bits per heavy atom. The Kier molecular flexibility index (Phi) is 2.79. The van der Waals surface area contributed by atoms with Crippen LogP contribution in [-0.2, 0) is 5.54 Å². The first-order valence-corrected chi connectivity index (χ1v) is 5.61. The molecular formula is C13H18FN. The van der Waals surface area contributed by atoms with E-state index in [1.807, 2.05) is 18.2 Å². The SMILES string of the molecule is CC(F)c1cccc(C2(C)CCCN2)c1.